The van der Waals surface area contributed by atoms with Gasteiger partial charge in [-0.3, -0.25) is 4.68 Å². The minimum Gasteiger partial charge on any atom is -0.264 e. The van der Waals surface area contributed by atoms with Crippen LogP contribution in [0, 0.1) is 3.57 Å². The van der Waals surface area contributed by atoms with Gasteiger partial charge in [-0.2, -0.15) is 5.10 Å². The van der Waals surface area contributed by atoms with Crippen LogP contribution < -0.4 is 0 Å². The van der Waals surface area contributed by atoms with Crippen molar-refractivity contribution in [2.45, 2.75) is 33.2 Å². The lowest BCUT2D eigenvalue weighted by molar-refractivity contribution is 0.631. The fourth-order valence-electron chi connectivity index (χ4n) is 1.28. The molecule has 0 fully saturated rings. The van der Waals surface area contributed by atoms with Crippen molar-refractivity contribution < 1.29 is 0 Å². The molecule has 0 spiro atoms. The Morgan fingerprint density at radius 2 is 2.23 bits per heavy atom. The molecule has 0 unspecified atom stereocenters. The predicted molar refractivity (Wildman–Crippen MR) is 64.8 cm³/mol. The number of aryl methyl sites for hydroxylation is 1. The van der Waals surface area contributed by atoms with Crippen molar-refractivity contribution in [3.63, 3.8) is 0 Å². The molecule has 0 aliphatic carbocycles. The summed E-state index contributed by atoms with van der Waals surface area (Å²) in [5.74, 6) is 0.485. The highest BCUT2D eigenvalue weighted by Gasteiger charge is 2.14. The number of hydrogen-bond donors (Lipinski definition) is 0. The minimum absolute atomic E-state index is 0.485. The summed E-state index contributed by atoms with van der Waals surface area (Å²) in [7, 11) is 0. The van der Waals surface area contributed by atoms with Crippen LogP contribution in [0.15, 0.2) is 6.58 Å². The van der Waals surface area contributed by atoms with E-state index in [-0.39, 0.29) is 0 Å². The van der Waals surface area contributed by atoms with Gasteiger partial charge in [0.05, 0.1) is 15.0 Å². The Morgan fingerprint density at radius 1 is 1.62 bits per heavy atom. The van der Waals surface area contributed by atoms with E-state index in [0.29, 0.717) is 5.92 Å². The monoisotopic (exact) mass is 290 g/mol. The van der Waals surface area contributed by atoms with Crippen LogP contribution in [0.25, 0.3) is 6.08 Å². The predicted octanol–water partition coefficient (Wildman–Crippen LogP) is 3.27. The quantitative estimate of drug-likeness (QED) is 0.781. The smallest absolute Gasteiger partial charge is 0.0789 e. The average Bonchev–Trinajstić information content (AvgIpc) is 2.41. The summed E-state index contributed by atoms with van der Waals surface area (Å²) in [5.41, 5.74) is 2.32. The van der Waals surface area contributed by atoms with Gasteiger partial charge in [-0.1, -0.05) is 20.4 Å². The molecule has 2 nitrogen and oxygen atoms in total. The van der Waals surface area contributed by atoms with Crippen LogP contribution in [0.1, 0.15) is 38.1 Å². The summed E-state index contributed by atoms with van der Waals surface area (Å²) >= 11 is 2.35. The molecule has 0 aliphatic rings. The first-order chi connectivity index (χ1) is 6.11. The lowest BCUT2D eigenvalue weighted by Crippen LogP contribution is -1.99. The van der Waals surface area contributed by atoms with Gasteiger partial charge in [0.1, 0.15) is 0 Å². The van der Waals surface area contributed by atoms with Crippen LogP contribution in [0.2, 0.25) is 0 Å². The van der Waals surface area contributed by atoms with Gasteiger partial charge in [0.15, 0.2) is 0 Å². The third-order valence-electron chi connectivity index (χ3n) is 2.00. The summed E-state index contributed by atoms with van der Waals surface area (Å²) in [6.07, 6.45) is 1.88. The van der Waals surface area contributed by atoms with Gasteiger partial charge in [0.2, 0.25) is 0 Å². The molecule has 1 aromatic rings. The molecule has 0 amide bonds. The molecule has 0 aromatic carbocycles. The zero-order valence-electron chi connectivity index (χ0n) is 8.34. The molecule has 1 heterocycles. The average molecular weight is 290 g/mol. The summed E-state index contributed by atoms with van der Waals surface area (Å²) in [6.45, 7) is 11.1. The molecule has 1 aromatic heterocycles. The summed E-state index contributed by atoms with van der Waals surface area (Å²) < 4.78 is 3.24. The van der Waals surface area contributed by atoms with Crippen molar-refractivity contribution in [2.75, 3.05) is 0 Å². The molecule has 0 atom stereocenters. The highest BCUT2D eigenvalue weighted by Crippen LogP contribution is 2.24. The summed E-state index contributed by atoms with van der Waals surface area (Å²) in [5, 5.41) is 4.54. The van der Waals surface area contributed by atoms with Gasteiger partial charge in [0.25, 0.3) is 0 Å². The minimum atomic E-state index is 0.485. The van der Waals surface area contributed by atoms with E-state index in [9.17, 15) is 0 Å². The summed E-state index contributed by atoms with van der Waals surface area (Å²) in [6, 6.07) is 0. The van der Waals surface area contributed by atoms with Gasteiger partial charge in [-0.25, -0.2) is 0 Å². The van der Waals surface area contributed by atoms with Crippen LogP contribution in [0.4, 0.5) is 0 Å². The number of aromatic nitrogens is 2. The van der Waals surface area contributed by atoms with Gasteiger partial charge in [-0.15, -0.1) is 0 Å². The normalized spacial score (nSPS) is 10.8. The van der Waals surface area contributed by atoms with Crippen molar-refractivity contribution in [1.82, 2.24) is 9.78 Å². The first-order valence-electron chi connectivity index (χ1n) is 4.50. The van der Waals surface area contributed by atoms with Crippen LogP contribution >= 0.6 is 22.6 Å². The van der Waals surface area contributed by atoms with Gasteiger partial charge in [0, 0.05) is 6.54 Å². The second kappa shape index (κ2) is 4.26. The number of hydrogen-bond acceptors (Lipinski definition) is 1. The standard InChI is InChI=1S/C10H15IN2/c1-5-8-9(11)10(7(3)4)12-13(8)6-2/h5,7H,1,6H2,2-4H3. The molecular formula is C10H15IN2. The second-order valence-electron chi connectivity index (χ2n) is 3.26. The molecule has 3 heteroatoms. The second-order valence-corrected chi connectivity index (χ2v) is 4.34. The van der Waals surface area contributed by atoms with Gasteiger partial charge < -0.3 is 0 Å². The Balaban J connectivity index is 3.26. The molecule has 72 valence electrons. The Hall–Kier alpha value is -0.320. The Kier molecular flexibility index (Phi) is 3.53. The zero-order chi connectivity index (χ0) is 10.0. The van der Waals surface area contributed by atoms with E-state index in [2.05, 4.69) is 55.0 Å². The zero-order valence-corrected chi connectivity index (χ0v) is 10.5. The third kappa shape index (κ3) is 1.95. The highest BCUT2D eigenvalue weighted by atomic mass is 127. The molecule has 1 rings (SSSR count). The lowest BCUT2D eigenvalue weighted by atomic mass is 10.1. The van der Waals surface area contributed by atoms with E-state index in [1.165, 1.54) is 9.26 Å². The van der Waals surface area contributed by atoms with Crippen LogP contribution in [0.5, 0.6) is 0 Å². The maximum atomic E-state index is 4.54. The topological polar surface area (TPSA) is 17.8 Å². The maximum absolute atomic E-state index is 4.54. The molecule has 0 saturated heterocycles. The van der Waals surface area contributed by atoms with E-state index < -0.39 is 0 Å². The Labute approximate surface area is 93.2 Å². The SMILES string of the molecule is C=Cc1c(I)c(C(C)C)nn1CC. The first kappa shape index (κ1) is 10.8. The van der Waals surface area contributed by atoms with Crippen molar-refractivity contribution in [3.8, 4) is 0 Å². The number of rotatable bonds is 3. The van der Waals surface area contributed by atoms with E-state index in [4.69, 9.17) is 0 Å². The van der Waals surface area contributed by atoms with Crippen LogP contribution in [0.3, 0.4) is 0 Å². The largest absolute Gasteiger partial charge is 0.264 e. The van der Waals surface area contributed by atoms with E-state index >= 15 is 0 Å². The van der Waals surface area contributed by atoms with Crippen LogP contribution in [-0.4, -0.2) is 9.78 Å². The van der Waals surface area contributed by atoms with Crippen molar-refractivity contribution in [1.29, 1.82) is 0 Å². The molecule has 0 radical (unpaired) electrons. The molecule has 0 N–H and O–H groups in total. The fraction of sp³-hybridized carbons (Fsp3) is 0.500. The maximum Gasteiger partial charge on any atom is 0.0789 e. The molecule has 0 aliphatic heterocycles. The van der Waals surface area contributed by atoms with Crippen molar-refractivity contribution >= 4 is 28.7 Å². The Bertz CT molecular complexity index is 313. The third-order valence-corrected chi connectivity index (χ3v) is 3.10. The van der Waals surface area contributed by atoms with Crippen molar-refractivity contribution in [3.05, 3.63) is 21.5 Å². The molecule has 0 bridgehead atoms. The molecular weight excluding hydrogens is 275 g/mol. The molecule has 13 heavy (non-hydrogen) atoms. The fourth-order valence-corrected chi connectivity index (χ4v) is 2.51. The number of halogens is 1. The van der Waals surface area contributed by atoms with E-state index in [1.807, 2.05) is 10.8 Å². The van der Waals surface area contributed by atoms with Crippen LogP contribution in [-0.2, 0) is 6.54 Å². The Morgan fingerprint density at radius 3 is 2.54 bits per heavy atom. The van der Waals surface area contributed by atoms with Gasteiger partial charge >= 0.3 is 0 Å². The highest BCUT2D eigenvalue weighted by molar-refractivity contribution is 14.1. The van der Waals surface area contributed by atoms with E-state index in [0.717, 1.165) is 12.2 Å². The summed E-state index contributed by atoms with van der Waals surface area (Å²) in [4.78, 5) is 0. The first-order valence-corrected chi connectivity index (χ1v) is 5.58. The van der Waals surface area contributed by atoms with Gasteiger partial charge in [-0.05, 0) is 41.5 Å². The lowest BCUT2D eigenvalue weighted by Gasteiger charge is -1.98. The van der Waals surface area contributed by atoms with Crippen molar-refractivity contribution in [2.24, 2.45) is 0 Å². The number of nitrogens with zero attached hydrogens (tertiary/aromatic N) is 2. The molecule has 0 saturated carbocycles. The van der Waals surface area contributed by atoms with E-state index in [1.54, 1.807) is 0 Å².